The lowest BCUT2D eigenvalue weighted by Crippen LogP contribution is -2.36. The van der Waals surface area contributed by atoms with Crippen LogP contribution in [0.25, 0.3) is 66.4 Å². The molecule has 0 fully saturated rings. The van der Waals surface area contributed by atoms with Gasteiger partial charge in [0.2, 0.25) is 0 Å². The number of para-hydroxylation sites is 6. The van der Waals surface area contributed by atoms with Gasteiger partial charge >= 0.3 is 0 Å². The Morgan fingerprint density at radius 3 is 1.53 bits per heavy atom. The molecular formula is C67H44N2O. The number of furan rings is 1. The fourth-order valence-electron chi connectivity index (χ4n) is 11.7. The summed E-state index contributed by atoms with van der Waals surface area (Å²) in [5, 5.41) is 2.21. The van der Waals surface area contributed by atoms with Gasteiger partial charge in [0, 0.05) is 33.3 Å². The van der Waals surface area contributed by atoms with Gasteiger partial charge in [0.05, 0.1) is 28.2 Å². The van der Waals surface area contributed by atoms with E-state index < -0.39 is 5.41 Å². The molecule has 1 aliphatic heterocycles. The van der Waals surface area contributed by atoms with Gasteiger partial charge < -0.3 is 14.2 Å². The maximum Gasteiger partial charge on any atom is 0.135 e. The van der Waals surface area contributed by atoms with Crippen LogP contribution in [0.4, 0.5) is 34.1 Å². The fraction of sp³-hybridized carbons (Fsp3) is 0.0149. The van der Waals surface area contributed by atoms with Crippen LogP contribution in [0.3, 0.4) is 0 Å². The summed E-state index contributed by atoms with van der Waals surface area (Å²) in [6.07, 6.45) is 0. The zero-order chi connectivity index (χ0) is 46.2. The Balaban J connectivity index is 1.03. The molecule has 11 aromatic carbocycles. The van der Waals surface area contributed by atoms with Crippen LogP contribution >= 0.6 is 0 Å². The van der Waals surface area contributed by atoms with Crippen LogP contribution in [0.15, 0.2) is 271 Å². The minimum atomic E-state index is -0.619. The van der Waals surface area contributed by atoms with E-state index >= 15 is 0 Å². The Hall–Kier alpha value is -9.18. The Morgan fingerprint density at radius 2 is 0.814 bits per heavy atom. The van der Waals surface area contributed by atoms with Gasteiger partial charge in [0.15, 0.2) is 0 Å². The van der Waals surface area contributed by atoms with Crippen molar-refractivity contribution in [2.75, 3.05) is 9.80 Å². The molecule has 3 nitrogen and oxygen atoms in total. The Morgan fingerprint density at radius 1 is 0.314 bits per heavy atom. The van der Waals surface area contributed by atoms with Gasteiger partial charge in [-0.3, -0.25) is 0 Å². The van der Waals surface area contributed by atoms with Crippen LogP contribution in [0.5, 0.6) is 0 Å². The Kier molecular flexibility index (Phi) is 9.11. The first-order valence-corrected chi connectivity index (χ1v) is 24.1. The average molecular weight is 893 g/mol. The van der Waals surface area contributed by atoms with Crippen molar-refractivity contribution < 1.29 is 4.42 Å². The number of fused-ring (bicyclic) bond motifs is 12. The normalized spacial score (nSPS) is 12.9. The second-order valence-corrected chi connectivity index (χ2v) is 18.4. The SMILES string of the molecule is c1ccc(-c2ccc(-c3ccccc3N(c3ccc4c(c3)C3(c5ccccc5-4)c4ccccc4N(c4ccccc4)c4ccccc43)c3ccccc3-c3ccc4oc5ccccc5c4c3)cc2)cc1. The van der Waals surface area contributed by atoms with E-state index in [1.165, 1.54) is 55.9 Å². The quantitative estimate of drug-likeness (QED) is 0.159. The number of benzene rings is 11. The van der Waals surface area contributed by atoms with Gasteiger partial charge in [0.25, 0.3) is 0 Å². The summed E-state index contributed by atoms with van der Waals surface area (Å²) in [5.74, 6) is 0. The number of nitrogens with zero attached hydrogens (tertiary/aromatic N) is 2. The first-order valence-electron chi connectivity index (χ1n) is 24.1. The van der Waals surface area contributed by atoms with E-state index in [1.54, 1.807) is 0 Å². The second kappa shape index (κ2) is 16.0. The number of rotatable bonds is 7. The molecule has 70 heavy (non-hydrogen) atoms. The van der Waals surface area contributed by atoms with Crippen molar-refractivity contribution in [2.45, 2.75) is 5.41 Å². The molecule has 0 saturated carbocycles. The monoisotopic (exact) mass is 892 g/mol. The Bertz CT molecular complexity index is 3920. The van der Waals surface area contributed by atoms with Gasteiger partial charge in [-0.2, -0.15) is 0 Å². The number of hydrogen-bond donors (Lipinski definition) is 0. The van der Waals surface area contributed by atoms with Crippen LogP contribution in [0.1, 0.15) is 22.3 Å². The minimum Gasteiger partial charge on any atom is -0.456 e. The van der Waals surface area contributed by atoms with E-state index in [4.69, 9.17) is 4.42 Å². The van der Waals surface area contributed by atoms with E-state index in [1.807, 2.05) is 6.07 Å². The van der Waals surface area contributed by atoms with Gasteiger partial charge in [-0.15, -0.1) is 0 Å². The van der Waals surface area contributed by atoms with Crippen LogP contribution in [0.2, 0.25) is 0 Å². The third kappa shape index (κ3) is 6.01. The maximum absolute atomic E-state index is 6.35. The molecule has 0 radical (unpaired) electrons. The molecule has 0 saturated heterocycles. The van der Waals surface area contributed by atoms with E-state index in [-0.39, 0.29) is 0 Å². The van der Waals surface area contributed by atoms with Gasteiger partial charge in [-0.1, -0.05) is 200 Å². The summed E-state index contributed by atoms with van der Waals surface area (Å²) < 4.78 is 6.35. The molecule has 12 aromatic rings. The van der Waals surface area contributed by atoms with Crippen molar-refractivity contribution in [1.29, 1.82) is 0 Å². The predicted molar refractivity (Wildman–Crippen MR) is 290 cm³/mol. The summed E-state index contributed by atoms with van der Waals surface area (Å²) in [4.78, 5) is 4.95. The predicted octanol–water partition coefficient (Wildman–Crippen LogP) is 18.2. The largest absolute Gasteiger partial charge is 0.456 e. The molecule has 328 valence electrons. The Labute approximate surface area is 407 Å². The van der Waals surface area contributed by atoms with Crippen LogP contribution in [-0.4, -0.2) is 0 Å². The lowest BCUT2D eigenvalue weighted by Gasteiger charge is -2.45. The van der Waals surface area contributed by atoms with Crippen LogP contribution < -0.4 is 9.80 Å². The fourth-order valence-corrected chi connectivity index (χ4v) is 11.7. The zero-order valence-corrected chi connectivity index (χ0v) is 38.2. The zero-order valence-electron chi connectivity index (χ0n) is 38.2. The van der Waals surface area contributed by atoms with Gasteiger partial charge in [-0.05, 0) is 122 Å². The molecule has 1 aromatic heterocycles. The highest BCUT2D eigenvalue weighted by atomic mass is 16.3. The molecule has 3 heteroatoms. The lowest BCUT2D eigenvalue weighted by atomic mass is 9.64. The van der Waals surface area contributed by atoms with E-state index in [9.17, 15) is 0 Å². The molecule has 2 heterocycles. The number of hydrogen-bond acceptors (Lipinski definition) is 3. The lowest BCUT2D eigenvalue weighted by molar-refractivity contribution is 0.669. The maximum atomic E-state index is 6.35. The van der Waals surface area contributed by atoms with Gasteiger partial charge in [0.1, 0.15) is 11.2 Å². The van der Waals surface area contributed by atoms with Crippen molar-refractivity contribution in [3.8, 4) is 44.5 Å². The first kappa shape index (κ1) is 39.9. The number of anilines is 6. The van der Waals surface area contributed by atoms with E-state index in [0.29, 0.717) is 0 Å². The minimum absolute atomic E-state index is 0.619. The van der Waals surface area contributed by atoms with Gasteiger partial charge in [-0.25, -0.2) is 0 Å². The molecule has 1 aliphatic carbocycles. The highest BCUT2D eigenvalue weighted by Crippen LogP contribution is 2.64. The molecule has 0 unspecified atom stereocenters. The third-order valence-corrected chi connectivity index (χ3v) is 14.7. The summed E-state index contributed by atoms with van der Waals surface area (Å²) >= 11 is 0. The van der Waals surface area contributed by atoms with Crippen molar-refractivity contribution in [3.63, 3.8) is 0 Å². The third-order valence-electron chi connectivity index (χ3n) is 14.7. The second-order valence-electron chi connectivity index (χ2n) is 18.4. The van der Waals surface area contributed by atoms with Crippen molar-refractivity contribution in [2.24, 2.45) is 0 Å². The molecule has 0 amide bonds. The van der Waals surface area contributed by atoms with Crippen LogP contribution in [0, 0.1) is 0 Å². The highest BCUT2D eigenvalue weighted by Gasteiger charge is 2.52. The average Bonchev–Trinajstić information content (AvgIpc) is 3.95. The topological polar surface area (TPSA) is 19.6 Å². The van der Waals surface area contributed by atoms with E-state index in [2.05, 4.69) is 271 Å². The molecule has 1 spiro atoms. The van der Waals surface area contributed by atoms with Crippen LogP contribution in [-0.2, 0) is 5.41 Å². The molecular weight excluding hydrogens is 849 g/mol. The summed E-state index contributed by atoms with van der Waals surface area (Å²) in [6, 6.07) is 97.6. The van der Waals surface area contributed by atoms with Crippen molar-refractivity contribution in [1.82, 2.24) is 0 Å². The molecule has 14 rings (SSSR count). The molecule has 0 N–H and O–H groups in total. The molecule has 2 aliphatic rings. The summed E-state index contributed by atoms with van der Waals surface area (Å²) in [6.45, 7) is 0. The highest BCUT2D eigenvalue weighted by molar-refractivity contribution is 6.07. The summed E-state index contributed by atoms with van der Waals surface area (Å²) in [7, 11) is 0. The summed E-state index contributed by atoms with van der Waals surface area (Å²) in [5.41, 5.74) is 22.3. The van der Waals surface area contributed by atoms with Crippen molar-refractivity contribution >= 4 is 56.1 Å². The smallest absolute Gasteiger partial charge is 0.135 e. The van der Waals surface area contributed by atoms with E-state index in [0.717, 1.165) is 66.9 Å². The molecule has 0 bridgehead atoms. The first-order chi connectivity index (χ1) is 34.7. The molecule has 0 atom stereocenters. The van der Waals surface area contributed by atoms with Crippen molar-refractivity contribution in [3.05, 3.63) is 289 Å². The standard InChI is InChI=1S/C67H44N2O/c1-3-19-45(20-4-1)46-35-37-47(38-36-46)51-23-8-14-30-61(51)69(62-31-15-9-24-52(62)48-39-42-66-56(43-48)55-26-10-18-34-65(55)70-66)50-40-41-54-53-25-7-11-27-57(53)67(60(54)44-50)58-28-12-16-32-63(58)68(49-21-5-2-6-22-49)64-33-17-13-29-59(64)67/h1-44H.